The number of halogens is 2. The van der Waals surface area contributed by atoms with Gasteiger partial charge in [0, 0.05) is 11.1 Å². The van der Waals surface area contributed by atoms with E-state index in [1.165, 1.54) is 6.07 Å². The highest BCUT2D eigenvalue weighted by Crippen LogP contribution is 2.23. The van der Waals surface area contributed by atoms with Gasteiger partial charge < -0.3 is 9.47 Å². The van der Waals surface area contributed by atoms with Crippen molar-refractivity contribution in [1.82, 2.24) is 0 Å². The number of hydrogen-bond acceptors (Lipinski definition) is 4. The number of nitrogens with zero attached hydrogens (tertiary/aromatic N) is 1. The highest BCUT2D eigenvalue weighted by Gasteiger charge is 2.24. The van der Waals surface area contributed by atoms with E-state index in [0.717, 1.165) is 16.7 Å². The number of benzene rings is 3. The number of hydrogen-bond donors (Lipinski definition) is 0. The Bertz CT molecular complexity index is 1130. The molecule has 0 atom stereocenters. The molecule has 0 saturated carbocycles. The van der Waals surface area contributed by atoms with Crippen LogP contribution in [-0.4, -0.2) is 11.9 Å². The van der Waals surface area contributed by atoms with E-state index < -0.39 is 11.8 Å². The first kappa shape index (κ1) is 19.9. The monoisotopic (exact) mass is 421 g/mol. The first-order valence-electron chi connectivity index (χ1n) is 9.25. The molecule has 0 aromatic heterocycles. The molecule has 30 heavy (non-hydrogen) atoms. The molecule has 0 bridgehead atoms. The maximum Gasteiger partial charge on any atom is 0.363 e. The van der Waals surface area contributed by atoms with Crippen LogP contribution in [0.15, 0.2) is 77.4 Å². The summed E-state index contributed by atoms with van der Waals surface area (Å²) in [4.78, 5) is 16.4. The van der Waals surface area contributed by atoms with E-state index in [0.29, 0.717) is 16.3 Å². The van der Waals surface area contributed by atoms with Gasteiger partial charge in [0.25, 0.3) is 0 Å². The molecule has 0 N–H and O–H groups in total. The lowest BCUT2D eigenvalue weighted by molar-refractivity contribution is -0.129. The van der Waals surface area contributed by atoms with E-state index in [2.05, 4.69) is 4.99 Å². The van der Waals surface area contributed by atoms with E-state index in [1.807, 2.05) is 31.2 Å². The van der Waals surface area contributed by atoms with Gasteiger partial charge in [0.1, 0.15) is 18.2 Å². The fourth-order valence-corrected chi connectivity index (χ4v) is 3.09. The number of carbonyl (C=O) groups is 1. The maximum atomic E-state index is 13.8. The largest absolute Gasteiger partial charge is 0.489 e. The summed E-state index contributed by atoms with van der Waals surface area (Å²) in [6.45, 7) is 2.00. The van der Waals surface area contributed by atoms with Gasteiger partial charge in [-0.05, 0) is 55.0 Å². The Morgan fingerprint density at radius 2 is 1.80 bits per heavy atom. The molecule has 0 saturated heterocycles. The van der Waals surface area contributed by atoms with Crippen molar-refractivity contribution < 1.29 is 18.7 Å². The molecule has 0 fully saturated rings. The van der Waals surface area contributed by atoms with Crippen molar-refractivity contribution in [1.29, 1.82) is 0 Å². The lowest BCUT2D eigenvalue weighted by atomic mass is 10.1. The minimum Gasteiger partial charge on any atom is -0.489 e. The van der Waals surface area contributed by atoms with Gasteiger partial charge in [0.15, 0.2) is 5.70 Å². The van der Waals surface area contributed by atoms with E-state index in [9.17, 15) is 9.18 Å². The Balaban J connectivity index is 1.47. The summed E-state index contributed by atoms with van der Waals surface area (Å²) in [5.41, 5.74) is 3.13. The third-order valence-electron chi connectivity index (χ3n) is 4.55. The minimum atomic E-state index is -0.500. The molecule has 150 valence electrons. The van der Waals surface area contributed by atoms with Crippen LogP contribution in [0.1, 0.15) is 22.3 Å². The second-order valence-corrected chi connectivity index (χ2v) is 7.17. The van der Waals surface area contributed by atoms with Gasteiger partial charge in [-0.2, -0.15) is 0 Å². The fraction of sp³-hybridized carbons (Fsp3) is 0.0833. The van der Waals surface area contributed by atoms with Crippen LogP contribution in [0.2, 0.25) is 5.02 Å². The molecule has 1 aliphatic rings. The highest BCUT2D eigenvalue weighted by atomic mass is 35.5. The predicted octanol–water partition coefficient (Wildman–Crippen LogP) is 5.71. The number of ether oxygens (including phenoxy) is 2. The van der Waals surface area contributed by atoms with E-state index in [4.69, 9.17) is 21.1 Å². The molecule has 0 spiro atoms. The Morgan fingerprint density at radius 3 is 2.50 bits per heavy atom. The summed E-state index contributed by atoms with van der Waals surface area (Å²) in [5.74, 6) is -0.0757. The quantitative estimate of drug-likeness (QED) is 0.391. The highest BCUT2D eigenvalue weighted by molar-refractivity contribution is 6.31. The number of aryl methyl sites for hydroxylation is 1. The smallest absolute Gasteiger partial charge is 0.363 e. The maximum absolute atomic E-state index is 13.8. The zero-order valence-corrected chi connectivity index (χ0v) is 16.8. The first-order valence-corrected chi connectivity index (χ1v) is 9.63. The third kappa shape index (κ3) is 4.42. The Hall–Kier alpha value is -3.44. The molecule has 0 aliphatic carbocycles. The van der Waals surface area contributed by atoms with E-state index >= 15 is 0 Å². The molecule has 1 heterocycles. The van der Waals surface area contributed by atoms with Crippen molar-refractivity contribution in [3.05, 3.63) is 106 Å². The van der Waals surface area contributed by atoms with Crippen LogP contribution in [0.25, 0.3) is 6.08 Å². The molecular weight excluding hydrogens is 405 g/mol. The van der Waals surface area contributed by atoms with Gasteiger partial charge in [0.2, 0.25) is 5.90 Å². The molecule has 0 unspecified atom stereocenters. The van der Waals surface area contributed by atoms with Gasteiger partial charge in [-0.1, -0.05) is 47.5 Å². The normalized spacial score (nSPS) is 14.6. The van der Waals surface area contributed by atoms with Gasteiger partial charge in [-0.15, -0.1) is 0 Å². The molecular formula is C24H17ClFNO3. The molecule has 4 rings (SSSR count). The summed E-state index contributed by atoms with van der Waals surface area (Å²) in [5, 5.41) is 0.318. The van der Waals surface area contributed by atoms with Crippen molar-refractivity contribution in [2.45, 2.75) is 13.5 Å². The average molecular weight is 422 g/mol. The number of carbonyl (C=O) groups excluding carboxylic acids is 1. The van der Waals surface area contributed by atoms with Crippen LogP contribution < -0.4 is 4.74 Å². The van der Waals surface area contributed by atoms with Crippen LogP contribution >= 0.6 is 11.6 Å². The van der Waals surface area contributed by atoms with Crippen LogP contribution in [0, 0.1) is 12.7 Å². The van der Waals surface area contributed by atoms with Gasteiger partial charge in [0.05, 0.1) is 5.02 Å². The van der Waals surface area contributed by atoms with Crippen molar-refractivity contribution in [3.63, 3.8) is 0 Å². The third-order valence-corrected chi connectivity index (χ3v) is 4.90. The fourth-order valence-electron chi connectivity index (χ4n) is 2.87. The Morgan fingerprint density at radius 1 is 1.07 bits per heavy atom. The van der Waals surface area contributed by atoms with Crippen LogP contribution in [-0.2, 0) is 16.1 Å². The lowest BCUT2D eigenvalue weighted by Crippen LogP contribution is -2.05. The van der Waals surface area contributed by atoms with Crippen molar-refractivity contribution in [2.24, 2.45) is 4.99 Å². The molecule has 3 aromatic rings. The summed E-state index contributed by atoms with van der Waals surface area (Å²) in [7, 11) is 0. The van der Waals surface area contributed by atoms with Crippen LogP contribution in [0.5, 0.6) is 5.75 Å². The number of cyclic esters (lactones) is 1. The predicted molar refractivity (Wildman–Crippen MR) is 114 cm³/mol. The van der Waals surface area contributed by atoms with Gasteiger partial charge in [-0.3, -0.25) is 0 Å². The molecule has 4 nitrogen and oxygen atoms in total. The van der Waals surface area contributed by atoms with Crippen molar-refractivity contribution in [3.8, 4) is 5.75 Å². The second-order valence-electron chi connectivity index (χ2n) is 6.76. The van der Waals surface area contributed by atoms with E-state index in [1.54, 1.807) is 42.5 Å². The Kier molecular flexibility index (Phi) is 5.63. The zero-order chi connectivity index (χ0) is 21.1. The summed E-state index contributed by atoms with van der Waals surface area (Å²) in [6, 6.07) is 19.1. The molecule has 6 heteroatoms. The second kappa shape index (κ2) is 8.51. The molecule has 0 amide bonds. The van der Waals surface area contributed by atoms with Gasteiger partial charge in [-0.25, -0.2) is 14.2 Å². The van der Waals surface area contributed by atoms with Crippen molar-refractivity contribution in [2.75, 3.05) is 0 Å². The van der Waals surface area contributed by atoms with Crippen LogP contribution in [0.3, 0.4) is 0 Å². The zero-order valence-electron chi connectivity index (χ0n) is 16.1. The minimum absolute atomic E-state index is 0.0163. The lowest BCUT2D eigenvalue weighted by Gasteiger charge is -2.09. The summed E-state index contributed by atoms with van der Waals surface area (Å²) >= 11 is 6.01. The number of rotatable bonds is 5. The average Bonchev–Trinajstić information content (AvgIpc) is 3.09. The topological polar surface area (TPSA) is 47.9 Å². The summed E-state index contributed by atoms with van der Waals surface area (Å²) < 4.78 is 24.7. The van der Waals surface area contributed by atoms with Crippen molar-refractivity contribution >= 4 is 29.5 Å². The molecule has 1 aliphatic heterocycles. The standard InChI is InChI=1S/C24H17ClFNO3/c1-15-5-9-17(10-6-15)23-27-22(24(28)30-23)13-16-7-11-18(12-8-16)29-14-19-20(25)3-2-4-21(19)26/h2-13H,14H2,1H3/b22-13+. The number of aliphatic imine (C=N–C) groups is 1. The van der Waals surface area contributed by atoms with E-state index in [-0.39, 0.29) is 18.2 Å². The first-order chi connectivity index (χ1) is 14.5. The van der Waals surface area contributed by atoms with Gasteiger partial charge >= 0.3 is 5.97 Å². The molecule has 0 radical (unpaired) electrons. The molecule has 3 aromatic carbocycles. The SMILES string of the molecule is Cc1ccc(C2=N/C(=C/c3ccc(OCc4c(F)cccc4Cl)cc3)C(=O)O2)cc1. The van der Waals surface area contributed by atoms with Crippen LogP contribution in [0.4, 0.5) is 4.39 Å². The summed E-state index contributed by atoms with van der Waals surface area (Å²) in [6.07, 6.45) is 1.64. The Labute approximate surface area is 178 Å². The number of esters is 1.